The molecular formula is C26H26N4OS. The van der Waals surface area contributed by atoms with E-state index >= 15 is 0 Å². The van der Waals surface area contributed by atoms with Gasteiger partial charge in [0.1, 0.15) is 5.82 Å². The molecule has 32 heavy (non-hydrogen) atoms. The molecule has 0 atom stereocenters. The molecule has 6 heteroatoms. The van der Waals surface area contributed by atoms with Crippen molar-refractivity contribution in [1.82, 2.24) is 14.8 Å². The quantitative estimate of drug-likeness (QED) is 0.343. The number of thioether (sulfide) groups is 1. The molecule has 3 aromatic carbocycles. The Bertz CT molecular complexity index is 1140. The Labute approximate surface area is 193 Å². The molecule has 1 heterocycles. The summed E-state index contributed by atoms with van der Waals surface area (Å²) in [4.78, 5) is 15.0. The zero-order chi connectivity index (χ0) is 22.3. The lowest BCUT2D eigenvalue weighted by Crippen LogP contribution is -2.38. The molecular weight excluding hydrogens is 416 g/mol. The fourth-order valence-corrected chi connectivity index (χ4v) is 4.47. The van der Waals surface area contributed by atoms with Crippen LogP contribution in [0.15, 0.2) is 96.2 Å². The first-order valence-electron chi connectivity index (χ1n) is 10.7. The summed E-state index contributed by atoms with van der Waals surface area (Å²) in [5.41, 5.74) is 3.06. The van der Waals surface area contributed by atoms with Crippen molar-refractivity contribution in [2.24, 2.45) is 0 Å². The van der Waals surface area contributed by atoms with Gasteiger partial charge in [0.2, 0.25) is 5.91 Å². The average Bonchev–Trinajstić information content (AvgIpc) is 3.22. The van der Waals surface area contributed by atoms with Crippen LogP contribution in [0.1, 0.15) is 25.2 Å². The number of aromatic nitrogens is 3. The second-order valence-corrected chi connectivity index (χ2v) is 8.66. The van der Waals surface area contributed by atoms with Gasteiger partial charge in [-0.2, -0.15) is 0 Å². The number of benzene rings is 3. The van der Waals surface area contributed by atoms with Crippen molar-refractivity contribution in [2.75, 3.05) is 10.7 Å². The Morgan fingerprint density at radius 3 is 2.09 bits per heavy atom. The number of carbonyl (C=O) groups is 1. The number of amides is 1. The predicted octanol–water partition coefficient (Wildman–Crippen LogP) is 5.39. The molecule has 0 saturated carbocycles. The van der Waals surface area contributed by atoms with Crippen LogP contribution in [0.2, 0.25) is 0 Å². The molecule has 4 rings (SSSR count). The minimum atomic E-state index is 0.0448. The largest absolute Gasteiger partial charge is 0.309 e. The van der Waals surface area contributed by atoms with Crippen LogP contribution in [0.5, 0.6) is 0 Å². The first-order valence-corrected chi connectivity index (χ1v) is 11.7. The molecule has 1 amide bonds. The minimum absolute atomic E-state index is 0.0448. The maximum atomic E-state index is 13.2. The van der Waals surface area contributed by atoms with E-state index in [2.05, 4.69) is 22.3 Å². The van der Waals surface area contributed by atoms with Crippen molar-refractivity contribution in [1.29, 1.82) is 0 Å². The van der Waals surface area contributed by atoms with Crippen LogP contribution in [0.25, 0.3) is 5.69 Å². The number of carbonyl (C=O) groups excluding carboxylic acids is 1. The molecule has 1 aromatic heterocycles. The lowest BCUT2D eigenvalue weighted by atomic mass is 10.1. The van der Waals surface area contributed by atoms with E-state index in [1.54, 1.807) is 0 Å². The molecule has 0 saturated heterocycles. The first kappa shape index (κ1) is 21.8. The summed E-state index contributed by atoms with van der Waals surface area (Å²) in [6, 6.07) is 30.1. The third-order valence-electron chi connectivity index (χ3n) is 5.06. The lowest BCUT2D eigenvalue weighted by Gasteiger charge is -2.26. The van der Waals surface area contributed by atoms with Crippen molar-refractivity contribution in [3.8, 4) is 5.69 Å². The van der Waals surface area contributed by atoms with E-state index in [4.69, 9.17) is 0 Å². The summed E-state index contributed by atoms with van der Waals surface area (Å²) in [6.45, 7) is 4.06. The number of hydrogen-bond donors (Lipinski definition) is 0. The number of hydrogen-bond acceptors (Lipinski definition) is 4. The summed E-state index contributed by atoms with van der Waals surface area (Å²) < 4.78 is 2.05. The van der Waals surface area contributed by atoms with Crippen LogP contribution in [0.4, 0.5) is 5.69 Å². The average molecular weight is 443 g/mol. The Kier molecular flexibility index (Phi) is 7.02. The van der Waals surface area contributed by atoms with Crippen LogP contribution in [-0.2, 0) is 11.2 Å². The van der Waals surface area contributed by atoms with Crippen LogP contribution < -0.4 is 4.90 Å². The Morgan fingerprint density at radius 1 is 0.875 bits per heavy atom. The topological polar surface area (TPSA) is 51.0 Å². The Hall–Kier alpha value is -3.38. The molecule has 0 unspecified atom stereocenters. The lowest BCUT2D eigenvalue weighted by molar-refractivity contribution is -0.116. The van der Waals surface area contributed by atoms with E-state index in [0.29, 0.717) is 11.6 Å². The normalized spacial score (nSPS) is 11.0. The van der Waals surface area contributed by atoms with Gasteiger partial charge in [-0.3, -0.25) is 9.36 Å². The highest BCUT2D eigenvalue weighted by molar-refractivity contribution is 7.99. The number of rotatable bonds is 8. The van der Waals surface area contributed by atoms with Gasteiger partial charge in [0.25, 0.3) is 0 Å². The van der Waals surface area contributed by atoms with Crippen molar-refractivity contribution in [3.63, 3.8) is 0 Å². The number of nitrogens with zero attached hydrogens (tertiary/aromatic N) is 4. The van der Waals surface area contributed by atoms with Crippen molar-refractivity contribution in [3.05, 3.63) is 102 Å². The van der Waals surface area contributed by atoms with Gasteiger partial charge in [0.15, 0.2) is 5.16 Å². The summed E-state index contributed by atoms with van der Waals surface area (Å²) in [5, 5.41) is 9.63. The van der Waals surface area contributed by atoms with Gasteiger partial charge in [-0.15, -0.1) is 10.2 Å². The molecule has 162 valence electrons. The first-order chi connectivity index (χ1) is 15.6. The molecule has 5 nitrogen and oxygen atoms in total. The van der Waals surface area contributed by atoms with Crippen LogP contribution in [0.3, 0.4) is 0 Å². The molecule has 4 aromatic rings. The van der Waals surface area contributed by atoms with Gasteiger partial charge in [-0.25, -0.2) is 0 Å². The summed E-state index contributed by atoms with van der Waals surface area (Å²) in [7, 11) is 0. The van der Waals surface area contributed by atoms with E-state index < -0.39 is 0 Å². The van der Waals surface area contributed by atoms with Crippen LogP contribution in [0, 0.1) is 0 Å². The van der Waals surface area contributed by atoms with Gasteiger partial charge in [0, 0.05) is 23.8 Å². The molecule has 0 aliphatic carbocycles. The second kappa shape index (κ2) is 10.3. The summed E-state index contributed by atoms with van der Waals surface area (Å²) >= 11 is 1.42. The Balaban J connectivity index is 1.59. The standard InChI is InChI=1S/C26H26N4OS/c1-20(2)29(22-14-8-4-9-15-22)25(31)19-32-26-28-27-24(18-21-12-6-3-7-13-21)30(26)23-16-10-5-11-17-23/h3-17,20H,18-19H2,1-2H3. The molecule has 0 spiro atoms. The van der Waals surface area contributed by atoms with Gasteiger partial charge in [-0.1, -0.05) is 78.5 Å². The number of anilines is 1. The maximum Gasteiger partial charge on any atom is 0.237 e. The van der Waals surface area contributed by atoms with Crippen LogP contribution >= 0.6 is 11.8 Å². The summed E-state index contributed by atoms with van der Waals surface area (Å²) in [6.07, 6.45) is 0.666. The molecule has 0 aliphatic heterocycles. The van der Waals surface area contributed by atoms with Gasteiger partial charge in [0.05, 0.1) is 5.75 Å². The monoisotopic (exact) mass is 442 g/mol. The molecule has 0 fully saturated rings. The maximum absolute atomic E-state index is 13.2. The zero-order valence-electron chi connectivity index (χ0n) is 18.3. The van der Waals surface area contributed by atoms with Gasteiger partial charge >= 0.3 is 0 Å². The third kappa shape index (κ3) is 5.08. The molecule has 0 radical (unpaired) electrons. The Morgan fingerprint density at radius 2 is 1.47 bits per heavy atom. The minimum Gasteiger partial charge on any atom is -0.309 e. The highest BCUT2D eigenvalue weighted by Gasteiger charge is 2.21. The molecule has 0 N–H and O–H groups in total. The van der Waals surface area contributed by atoms with E-state index in [0.717, 1.165) is 17.2 Å². The van der Waals surface area contributed by atoms with Gasteiger partial charge in [-0.05, 0) is 43.7 Å². The van der Waals surface area contributed by atoms with Crippen molar-refractivity contribution < 1.29 is 4.79 Å². The fourth-order valence-electron chi connectivity index (χ4n) is 3.64. The van der Waals surface area contributed by atoms with E-state index in [-0.39, 0.29) is 17.7 Å². The second-order valence-electron chi connectivity index (χ2n) is 7.71. The van der Waals surface area contributed by atoms with E-state index in [1.807, 2.05) is 102 Å². The van der Waals surface area contributed by atoms with Crippen LogP contribution in [-0.4, -0.2) is 32.5 Å². The van der Waals surface area contributed by atoms with Crippen molar-refractivity contribution >= 4 is 23.4 Å². The smallest absolute Gasteiger partial charge is 0.237 e. The zero-order valence-corrected chi connectivity index (χ0v) is 19.1. The highest BCUT2D eigenvalue weighted by atomic mass is 32.2. The number of para-hydroxylation sites is 2. The van der Waals surface area contributed by atoms with E-state index in [1.165, 1.54) is 17.3 Å². The predicted molar refractivity (Wildman–Crippen MR) is 130 cm³/mol. The highest BCUT2D eigenvalue weighted by Crippen LogP contribution is 2.25. The third-order valence-corrected chi connectivity index (χ3v) is 5.98. The van der Waals surface area contributed by atoms with Crippen molar-refractivity contribution in [2.45, 2.75) is 31.5 Å². The SMILES string of the molecule is CC(C)N(C(=O)CSc1nnc(Cc2ccccc2)n1-c1ccccc1)c1ccccc1. The fraction of sp³-hybridized carbons (Fsp3) is 0.192. The summed E-state index contributed by atoms with van der Waals surface area (Å²) in [5.74, 6) is 1.17. The molecule has 0 bridgehead atoms. The van der Waals surface area contributed by atoms with E-state index in [9.17, 15) is 4.79 Å². The van der Waals surface area contributed by atoms with Gasteiger partial charge < -0.3 is 4.90 Å². The molecule has 0 aliphatic rings.